The molecule has 1 unspecified atom stereocenters. The van der Waals surface area contributed by atoms with Crippen molar-refractivity contribution in [3.63, 3.8) is 0 Å². The van der Waals surface area contributed by atoms with Gasteiger partial charge in [0.25, 0.3) is 5.91 Å². The van der Waals surface area contributed by atoms with Crippen molar-refractivity contribution in [3.8, 4) is 0 Å². The van der Waals surface area contributed by atoms with E-state index in [1.807, 2.05) is 0 Å². The van der Waals surface area contributed by atoms with Crippen molar-refractivity contribution in [2.45, 2.75) is 23.8 Å². The van der Waals surface area contributed by atoms with Crippen LogP contribution in [-0.2, 0) is 19.6 Å². The van der Waals surface area contributed by atoms with Crippen LogP contribution in [0.2, 0.25) is 0 Å². The zero-order valence-corrected chi connectivity index (χ0v) is 13.8. The first-order chi connectivity index (χ1) is 11.4. The lowest BCUT2D eigenvalue weighted by atomic mass is 10.2. The number of amides is 1. The molecule has 0 spiro atoms. The van der Waals surface area contributed by atoms with Gasteiger partial charge < -0.3 is 9.64 Å². The second-order valence-electron chi connectivity index (χ2n) is 5.81. The van der Waals surface area contributed by atoms with Crippen molar-refractivity contribution >= 4 is 15.9 Å². The van der Waals surface area contributed by atoms with Crippen LogP contribution >= 0.6 is 0 Å². The lowest BCUT2D eigenvalue weighted by Gasteiger charge is -2.35. The summed E-state index contributed by atoms with van der Waals surface area (Å²) >= 11 is 0. The van der Waals surface area contributed by atoms with Gasteiger partial charge in [-0.3, -0.25) is 4.79 Å². The normalized spacial score (nSPS) is 22.8. The maximum Gasteiger partial charge on any atom is 0.251 e. The van der Waals surface area contributed by atoms with Crippen molar-refractivity contribution in [3.05, 3.63) is 29.8 Å². The molecule has 0 aliphatic carbocycles. The summed E-state index contributed by atoms with van der Waals surface area (Å²) in [5.41, 5.74) is 0. The number of halogens is 2. The van der Waals surface area contributed by atoms with Crippen molar-refractivity contribution in [1.29, 1.82) is 0 Å². The molecule has 0 radical (unpaired) electrons. The Morgan fingerprint density at radius 1 is 1.12 bits per heavy atom. The first kappa shape index (κ1) is 17.2. The van der Waals surface area contributed by atoms with E-state index in [9.17, 15) is 22.0 Å². The second-order valence-corrected chi connectivity index (χ2v) is 7.74. The summed E-state index contributed by atoms with van der Waals surface area (Å²) in [5, 5.41) is 0. The van der Waals surface area contributed by atoms with Gasteiger partial charge in [0.1, 0.15) is 6.10 Å². The smallest absolute Gasteiger partial charge is 0.251 e. The molecule has 24 heavy (non-hydrogen) atoms. The van der Waals surface area contributed by atoms with Gasteiger partial charge in [-0.15, -0.1) is 0 Å². The Balaban J connectivity index is 1.67. The van der Waals surface area contributed by atoms with E-state index < -0.39 is 27.8 Å². The number of hydrogen-bond donors (Lipinski definition) is 0. The zero-order valence-electron chi connectivity index (χ0n) is 13.0. The van der Waals surface area contributed by atoms with Crippen molar-refractivity contribution in [2.24, 2.45) is 0 Å². The van der Waals surface area contributed by atoms with Gasteiger partial charge in [0, 0.05) is 32.8 Å². The molecular weight excluding hydrogens is 342 g/mol. The van der Waals surface area contributed by atoms with Crippen LogP contribution in [0.5, 0.6) is 0 Å². The van der Waals surface area contributed by atoms with Gasteiger partial charge in [0.15, 0.2) is 11.6 Å². The largest absolute Gasteiger partial charge is 0.368 e. The Bertz CT molecular complexity index is 727. The van der Waals surface area contributed by atoms with Crippen molar-refractivity contribution in [2.75, 3.05) is 32.8 Å². The van der Waals surface area contributed by atoms with E-state index in [-0.39, 0.29) is 37.0 Å². The van der Waals surface area contributed by atoms with Gasteiger partial charge in [-0.05, 0) is 31.0 Å². The topological polar surface area (TPSA) is 66.9 Å². The van der Waals surface area contributed by atoms with Gasteiger partial charge in [-0.1, -0.05) is 0 Å². The molecule has 1 aromatic carbocycles. The van der Waals surface area contributed by atoms with E-state index in [4.69, 9.17) is 4.74 Å². The summed E-state index contributed by atoms with van der Waals surface area (Å²) in [6.07, 6.45) is 1.10. The lowest BCUT2D eigenvalue weighted by molar-refractivity contribution is -0.142. The minimum atomic E-state index is -3.91. The van der Waals surface area contributed by atoms with Crippen LogP contribution in [0.3, 0.4) is 0 Å². The predicted molar refractivity (Wildman–Crippen MR) is 80.7 cm³/mol. The molecule has 1 aromatic rings. The van der Waals surface area contributed by atoms with Crippen LogP contribution in [-0.4, -0.2) is 62.4 Å². The minimum Gasteiger partial charge on any atom is -0.368 e. The fourth-order valence-corrected chi connectivity index (χ4v) is 4.35. The third-order valence-electron chi connectivity index (χ3n) is 4.28. The number of carbonyl (C=O) groups is 1. The number of hydrogen-bond acceptors (Lipinski definition) is 4. The summed E-state index contributed by atoms with van der Waals surface area (Å²) in [6, 6.07) is 2.51. The average Bonchev–Trinajstić information content (AvgIpc) is 3.11. The number of ether oxygens (including phenoxy) is 1. The van der Waals surface area contributed by atoms with E-state index in [2.05, 4.69) is 0 Å². The fourth-order valence-electron chi connectivity index (χ4n) is 2.91. The fraction of sp³-hybridized carbons (Fsp3) is 0.533. The monoisotopic (exact) mass is 360 g/mol. The Morgan fingerprint density at radius 3 is 2.42 bits per heavy atom. The van der Waals surface area contributed by atoms with Gasteiger partial charge in [-0.2, -0.15) is 4.31 Å². The van der Waals surface area contributed by atoms with Crippen LogP contribution in [0.15, 0.2) is 23.1 Å². The highest BCUT2D eigenvalue weighted by Gasteiger charge is 2.34. The molecule has 2 aliphatic heterocycles. The number of piperazine rings is 1. The molecule has 2 aliphatic rings. The van der Waals surface area contributed by atoms with Gasteiger partial charge in [0.05, 0.1) is 4.90 Å². The number of sulfonamides is 1. The molecule has 2 fully saturated rings. The van der Waals surface area contributed by atoms with Crippen molar-refractivity contribution < 1.29 is 26.7 Å². The van der Waals surface area contributed by atoms with Gasteiger partial charge in [0.2, 0.25) is 10.0 Å². The second kappa shape index (κ2) is 6.73. The molecule has 0 saturated carbocycles. The highest BCUT2D eigenvalue weighted by molar-refractivity contribution is 7.89. The Kier molecular flexibility index (Phi) is 4.84. The lowest BCUT2D eigenvalue weighted by Crippen LogP contribution is -2.52. The van der Waals surface area contributed by atoms with Crippen LogP contribution in [0.4, 0.5) is 8.78 Å². The minimum absolute atomic E-state index is 0.111. The predicted octanol–water partition coefficient (Wildman–Crippen LogP) is 0.977. The summed E-state index contributed by atoms with van der Waals surface area (Å²) in [4.78, 5) is 13.5. The van der Waals surface area contributed by atoms with Crippen LogP contribution in [0.1, 0.15) is 12.8 Å². The molecular formula is C15H18F2N2O4S. The van der Waals surface area contributed by atoms with E-state index in [0.717, 1.165) is 18.6 Å². The van der Waals surface area contributed by atoms with E-state index in [1.54, 1.807) is 4.90 Å². The van der Waals surface area contributed by atoms with E-state index in [0.29, 0.717) is 19.1 Å². The maximum absolute atomic E-state index is 13.3. The summed E-state index contributed by atoms with van der Waals surface area (Å²) in [7, 11) is -3.91. The molecule has 132 valence electrons. The molecule has 2 saturated heterocycles. The molecule has 0 aromatic heterocycles. The highest BCUT2D eigenvalue weighted by atomic mass is 32.2. The Morgan fingerprint density at radius 2 is 1.83 bits per heavy atom. The van der Waals surface area contributed by atoms with Crippen molar-refractivity contribution in [1.82, 2.24) is 9.21 Å². The van der Waals surface area contributed by atoms with E-state index in [1.165, 1.54) is 4.31 Å². The molecule has 6 nitrogen and oxygen atoms in total. The van der Waals surface area contributed by atoms with Crippen LogP contribution in [0.25, 0.3) is 0 Å². The third-order valence-corrected chi connectivity index (χ3v) is 6.18. The van der Waals surface area contributed by atoms with Gasteiger partial charge >= 0.3 is 0 Å². The quantitative estimate of drug-likeness (QED) is 0.806. The highest BCUT2D eigenvalue weighted by Crippen LogP contribution is 2.21. The average molecular weight is 360 g/mol. The van der Waals surface area contributed by atoms with Crippen LogP contribution in [0, 0.1) is 11.6 Å². The molecule has 0 bridgehead atoms. The molecule has 3 rings (SSSR count). The summed E-state index contributed by atoms with van der Waals surface area (Å²) in [6.45, 7) is 1.30. The standard InChI is InChI=1S/C15H18F2N2O4S/c16-12-4-3-11(10-13(12)17)24(21,22)19-7-5-18(6-8-19)15(20)14-2-1-9-23-14/h3-4,10,14H,1-2,5-9H2. The Hall–Kier alpha value is -1.58. The number of benzene rings is 1. The molecule has 0 N–H and O–H groups in total. The molecule has 9 heteroatoms. The number of carbonyl (C=O) groups excluding carboxylic acids is 1. The molecule has 1 atom stereocenters. The first-order valence-corrected chi connectivity index (χ1v) is 9.19. The SMILES string of the molecule is O=C(C1CCCO1)N1CCN(S(=O)(=O)c2ccc(F)c(F)c2)CC1. The maximum atomic E-state index is 13.3. The summed E-state index contributed by atoms with van der Waals surface area (Å²) in [5.74, 6) is -2.42. The number of nitrogens with zero attached hydrogens (tertiary/aromatic N) is 2. The third kappa shape index (κ3) is 3.28. The van der Waals surface area contributed by atoms with Gasteiger partial charge in [-0.25, -0.2) is 17.2 Å². The summed E-state index contributed by atoms with van der Waals surface area (Å²) < 4.78 is 57.8. The van der Waals surface area contributed by atoms with E-state index >= 15 is 0 Å². The molecule has 2 heterocycles. The van der Waals surface area contributed by atoms with Crippen LogP contribution < -0.4 is 0 Å². The molecule has 1 amide bonds. The number of rotatable bonds is 3. The first-order valence-electron chi connectivity index (χ1n) is 7.75. The Labute approximate surface area is 139 Å². The zero-order chi connectivity index (χ0) is 17.3.